The Bertz CT molecular complexity index is 477. The number of likely N-dealkylation sites (tertiary alicyclic amines) is 1. The van der Waals surface area contributed by atoms with Crippen LogP contribution in [-0.2, 0) is 16.6 Å². The summed E-state index contributed by atoms with van der Waals surface area (Å²) in [7, 11) is -3.05. The van der Waals surface area contributed by atoms with Crippen LogP contribution in [0.4, 0.5) is 0 Å². The smallest absolute Gasteiger partial charge is 0.211 e. The number of piperidine rings is 1. The van der Waals surface area contributed by atoms with Crippen molar-refractivity contribution in [2.24, 2.45) is 5.92 Å². The van der Waals surface area contributed by atoms with Crippen molar-refractivity contribution in [3.63, 3.8) is 0 Å². The molecular weight excluding hydrogens is 292 g/mol. The summed E-state index contributed by atoms with van der Waals surface area (Å²) >= 11 is 1.80. The normalized spacial score (nSPS) is 18.4. The van der Waals surface area contributed by atoms with E-state index >= 15 is 0 Å². The fourth-order valence-electron chi connectivity index (χ4n) is 2.56. The second-order valence-electron chi connectivity index (χ2n) is 5.47. The molecule has 0 spiro atoms. The van der Waals surface area contributed by atoms with Gasteiger partial charge in [0.2, 0.25) is 10.0 Å². The molecule has 1 aliphatic rings. The van der Waals surface area contributed by atoms with Crippen molar-refractivity contribution < 1.29 is 8.42 Å². The van der Waals surface area contributed by atoms with Crippen LogP contribution >= 0.6 is 11.3 Å². The largest absolute Gasteiger partial charge is 0.298 e. The van der Waals surface area contributed by atoms with Gasteiger partial charge >= 0.3 is 0 Å². The van der Waals surface area contributed by atoms with Crippen LogP contribution in [0.3, 0.4) is 0 Å². The number of rotatable bonds is 7. The van der Waals surface area contributed by atoms with Gasteiger partial charge in [0.15, 0.2) is 0 Å². The number of hydrogen-bond acceptors (Lipinski definition) is 4. The van der Waals surface area contributed by atoms with Gasteiger partial charge in [-0.25, -0.2) is 13.1 Å². The van der Waals surface area contributed by atoms with Crippen molar-refractivity contribution in [2.45, 2.75) is 32.7 Å². The van der Waals surface area contributed by atoms with Gasteiger partial charge in [0.05, 0.1) is 5.75 Å². The van der Waals surface area contributed by atoms with E-state index in [4.69, 9.17) is 0 Å². The van der Waals surface area contributed by atoms with Crippen molar-refractivity contribution in [3.8, 4) is 0 Å². The molecule has 1 aromatic rings. The Hall–Kier alpha value is -0.430. The maximum Gasteiger partial charge on any atom is 0.211 e. The summed E-state index contributed by atoms with van der Waals surface area (Å²) < 4.78 is 26.0. The predicted octanol–water partition coefficient (Wildman–Crippen LogP) is 2.29. The molecule has 1 aromatic heterocycles. The van der Waals surface area contributed by atoms with Crippen LogP contribution in [0.15, 0.2) is 17.5 Å². The van der Waals surface area contributed by atoms with Gasteiger partial charge in [-0.05, 0) is 49.7 Å². The molecule has 1 aliphatic heterocycles. The summed E-state index contributed by atoms with van der Waals surface area (Å²) in [5, 5.41) is 2.12. The van der Waals surface area contributed by atoms with Crippen molar-refractivity contribution >= 4 is 21.4 Å². The van der Waals surface area contributed by atoms with Gasteiger partial charge in [0.25, 0.3) is 0 Å². The Morgan fingerprint density at radius 3 is 2.75 bits per heavy atom. The maximum atomic E-state index is 11.6. The van der Waals surface area contributed by atoms with Crippen LogP contribution in [0.5, 0.6) is 0 Å². The van der Waals surface area contributed by atoms with Gasteiger partial charge in [-0.1, -0.05) is 13.0 Å². The maximum absolute atomic E-state index is 11.6. The third kappa shape index (κ3) is 5.16. The third-order valence-corrected chi connectivity index (χ3v) is 6.14. The summed E-state index contributed by atoms with van der Waals surface area (Å²) in [6.45, 7) is 5.67. The summed E-state index contributed by atoms with van der Waals surface area (Å²) in [5.41, 5.74) is 0. The zero-order valence-corrected chi connectivity index (χ0v) is 13.7. The number of hydrogen-bond donors (Lipinski definition) is 1. The SMILES string of the molecule is CCCS(=O)(=O)NCC1CCN(Cc2cccs2)CC1. The van der Waals surface area contributed by atoms with Gasteiger partial charge in [-0.3, -0.25) is 4.90 Å². The lowest BCUT2D eigenvalue weighted by atomic mass is 9.97. The number of nitrogens with zero attached hydrogens (tertiary/aromatic N) is 1. The second kappa shape index (κ2) is 7.54. The molecule has 0 aliphatic carbocycles. The fraction of sp³-hybridized carbons (Fsp3) is 0.714. The molecule has 0 saturated carbocycles. The zero-order chi connectivity index (χ0) is 14.4. The number of sulfonamides is 1. The Balaban J connectivity index is 1.69. The Kier molecular flexibility index (Phi) is 6.01. The average molecular weight is 316 g/mol. The highest BCUT2D eigenvalue weighted by Gasteiger charge is 2.21. The van der Waals surface area contributed by atoms with Crippen molar-refractivity contribution in [1.29, 1.82) is 0 Å². The average Bonchev–Trinajstić information content (AvgIpc) is 2.91. The van der Waals surface area contributed by atoms with Crippen LogP contribution in [-0.4, -0.2) is 38.7 Å². The topological polar surface area (TPSA) is 49.4 Å². The Morgan fingerprint density at radius 1 is 1.40 bits per heavy atom. The molecule has 0 bridgehead atoms. The van der Waals surface area contributed by atoms with E-state index in [1.165, 1.54) is 4.88 Å². The van der Waals surface area contributed by atoms with E-state index in [2.05, 4.69) is 27.1 Å². The second-order valence-corrected chi connectivity index (χ2v) is 8.42. The number of thiophene rings is 1. The Labute approximate surface area is 126 Å². The molecular formula is C14H24N2O2S2. The van der Waals surface area contributed by atoms with Gasteiger partial charge in [-0.15, -0.1) is 11.3 Å². The molecule has 4 nitrogen and oxygen atoms in total. The molecule has 2 heterocycles. The van der Waals surface area contributed by atoms with Crippen LogP contribution in [0, 0.1) is 5.92 Å². The molecule has 114 valence electrons. The first-order valence-corrected chi connectivity index (χ1v) is 9.84. The highest BCUT2D eigenvalue weighted by molar-refractivity contribution is 7.89. The standard InChI is InChI=1S/C14H24N2O2S2/c1-2-10-20(17,18)15-11-13-5-7-16(8-6-13)12-14-4-3-9-19-14/h3-4,9,13,15H,2,5-8,10-12H2,1H3. The minimum absolute atomic E-state index is 0.240. The molecule has 1 N–H and O–H groups in total. The molecule has 0 atom stereocenters. The molecule has 2 rings (SSSR count). The lowest BCUT2D eigenvalue weighted by molar-refractivity contribution is 0.180. The van der Waals surface area contributed by atoms with Crippen LogP contribution in [0.1, 0.15) is 31.1 Å². The van der Waals surface area contributed by atoms with Crippen LogP contribution in [0.25, 0.3) is 0 Å². The summed E-state index contributed by atoms with van der Waals surface area (Å²) in [6.07, 6.45) is 2.84. The van der Waals surface area contributed by atoms with Gasteiger partial charge in [-0.2, -0.15) is 0 Å². The van der Waals surface area contributed by atoms with Gasteiger partial charge in [0.1, 0.15) is 0 Å². The molecule has 1 fully saturated rings. The number of nitrogens with one attached hydrogen (secondary N) is 1. The minimum Gasteiger partial charge on any atom is -0.298 e. The van der Waals surface area contributed by atoms with E-state index in [0.717, 1.165) is 32.5 Å². The van der Waals surface area contributed by atoms with Crippen molar-refractivity contribution in [3.05, 3.63) is 22.4 Å². The van der Waals surface area contributed by atoms with E-state index < -0.39 is 10.0 Å². The monoisotopic (exact) mass is 316 g/mol. The van der Waals surface area contributed by atoms with E-state index in [1.807, 2.05) is 6.92 Å². The summed E-state index contributed by atoms with van der Waals surface area (Å²) in [6, 6.07) is 4.27. The minimum atomic E-state index is -3.05. The molecule has 6 heteroatoms. The first-order valence-electron chi connectivity index (χ1n) is 7.31. The van der Waals surface area contributed by atoms with Crippen molar-refractivity contribution in [1.82, 2.24) is 9.62 Å². The quantitative estimate of drug-likeness (QED) is 0.839. The third-order valence-electron chi connectivity index (χ3n) is 3.73. The molecule has 20 heavy (non-hydrogen) atoms. The Morgan fingerprint density at radius 2 is 2.15 bits per heavy atom. The highest BCUT2D eigenvalue weighted by Crippen LogP contribution is 2.20. The predicted molar refractivity (Wildman–Crippen MR) is 84.4 cm³/mol. The van der Waals surface area contributed by atoms with Gasteiger partial charge in [0, 0.05) is 18.0 Å². The molecule has 0 radical (unpaired) electrons. The molecule has 0 aromatic carbocycles. The van der Waals surface area contributed by atoms with Crippen LogP contribution in [0.2, 0.25) is 0 Å². The first kappa shape index (κ1) is 15.9. The van der Waals surface area contributed by atoms with E-state index in [9.17, 15) is 8.42 Å². The van der Waals surface area contributed by atoms with Gasteiger partial charge < -0.3 is 0 Å². The lowest BCUT2D eigenvalue weighted by Crippen LogP contribution is -2.38. The molecule has 1 saturated heterocycles. The van der Waals surface area contributed by atoms with Crippen LogP contribution < -0.4 is 4.72 Å². The van der Waals surface area contributed by atoms with E-state index in [1.54, 1.807) is 11.3 Å². The lowest BCUT2D eigenvalue weighted by Gasteiger charge is -2.31. The van der Waals surface area contributed by atoms with Crippen molar-refractivity contribution in [2.75, 3.05) is 25.4 Å². The fourth-order valence-corrected chi connectivity index (χ4v) is 4.47. The summed E-state index contributed by atoms with van der Waals surface area (Å²) in [4.78, 5) is 3.87. The highest BCUT2D eigenvalue weighted by atomic mass is 32.2. The molecule has 0 unspecified atom stereocenters. The summed E-state index contributed by atoms with van der Waals surface area (Å²) in [5.74, 6) is 0.728. The van der Waals surface area contributed by atoms with E-state index in [-0.39, 0.29) is 5.75 Å². The zero-order valence-electron chi connectivity index (χ0n) is 12.0. The molecule has 0 amide bonds. The van der Waals surface area contributed by atoms with E-state index in [0.29, 0.717) is 18.9 Å². The first-order chi connectivity index (χ1) is 9.59.